The standard InChI is InChI=1S/C3H9OP.HOP/c1-5(2,3)4;1-2/h1-3H3;2H. The number of hydrogen-bond acceptors (Lipinski definition) is 2. The second-order valence-electron chi connectivity index (χ2n) is 1.89. The summed E-state index contributed by atoms with van der Waals surface area (Å²) in [6.45, 7) is 5.23. The molecule has 44 valence electrons. The average Bonchev–Trinajstić information content (AvgIpc) is 1.36. The Hall–Kier alpha value is 0.330. The van der Waals surface area contributed by atoms with Crippen LogP contribution in [-0.2, 0) is 9.13 Å². The van der Waals surface area contributed by atoms with Gasteiger partial charge in [-0.3, -0.25) is 4.57 Å². The van der Waals surface area contributed by atoms with Gasteiger partial charge in [0.15, 0.2) is 0 Å². The predicted molar refractivity (Wildman–Crippen MR) is 34.4 cm³/mol. The van der Waals surface area contributed by atoms with Crippen molar-refractivity contribution in [1.82, 2.24) is 0 Å². The van der Waals surface area contributed by atoms with Crippen LogP contribution in [0.25, 0.3) is 0 Å². The van der Waals surface area contributed by atoms with Gasteiger partial charge in [0, 0.05) is 0 Å². The summed E-state index contributed by atoms with van der Waals surface area (Å²) in [4.78, 5) is 0. The van der Waals surface area contributed by atoms with Gasteiger partial charge in [-0.2, -0.15) is 0 Å². The number of rotatable bonds is 0. The van der Waals surface area contributed by atoms with Gasteiger partial charge in [0.2, 0.25) is 0 Å². The lowest BCUT2D eigenvalue weighted by Crippen LogP contribution is -1.61. The van der Waals surface area contributed by atoms with Crippen molar-refractivity contribution in [2.45, 2.75) is 0 Å². The van der Waals surface area contributed by atoms with E-state index in [9.17, 15) is 4.57 Å². The van der Waals surface area contributed by atoms with Crippen molar-refractivity contribution >= 4 is 16.3 Å². The van der Waals surface area contributed by atoms with Crippen LogP contribution in [0.2, 0.25) is 0 Å². The topological polar surface area (TPSA) is 34.1 Å². The number of hydrogen-bond donors (Lipinski definition) is 0. The minimum absolute atomic E-state index is 1.64. The lowest BCUT2D eigenvalue weighted by molar-refractivity contribution is 0.586. The van der Waals surface area contributed by atoms with Gasteiger partial charge in [-0.25, -0.2) is 0 Å². The van der Waals surface area contributed by atoms with Crippen LogP contribution in [-0.4, -0.2) is 20.0 Å². The molecule has 0 heterocycles. The largest absolute Gasteiger partial charge is 0.324 e. The van der Waals surface area contributed by atoms with E-state index in [-0.39, 0.29) is 0 Å². The van der Waals surface area contributed by atoms with Crippen LogP contribution in [0.3, 0.4) is 0 Å². The molecule has 7 heavy (non-hydrogen) atoms. The van der Waals surface area contributed by atoms with E-state index in [4.69, 9.17) is 4.57 Å². The van der Waals surface area contributed by atoms with Gasteiger partial charge in [-0.15, -0.1) is 0 Å². The van der Waals surface area contributed by atoms with E-state index in [0.717, 1.165) is 0 Å². The Morgan fingerprint density at radius 1 is 1.14 bits per heavy atom. The molecular formula is C3H10O2P2. The Balaban J connectivity index is 0. The monoisotopic (exact) mass is 140 g/mol. The molecule has 0 rings (SSSR count). The van der Waals surface area contributed by atoms with Crippen molar-refractivity contribution in [2.75, 3.05) is 20.0 Å². The van der Waals surface area contributed by atoms with Crippen LogP contribution in [0.15, 0.2) is 0 Å². The normalized spacial score (nSPS) is 9.00. The Kier molecular flexibility index (Phi) is 6.63. The van der Waals surface area contributed by atoms with E-state index in [2.05, 4.69) is 0 Å². The molecule has 0 atom stereocenters. The molecule has 0 aromatic carbocycles. The zero-order valence-electron chi connectivity index (χ0n) is 4.76. The van der Waals surface area contributed by atoms with Gasteiger partial charge in [-0.1, -0.05) is 0 Å². The van der Waals surface area contributed by atoms with E-state index >= 15 is 0 Å². The summed E-state index contributed by atoms with van der Waals surface area (Å²) in [7, 11) is 0.0833. The van der Waals surface area contributed by atoms with Crippen LogP contribution in [0, 0.1) is 0 Å². The van der Waals surface area contributed by atoms with E-state index in [1.54, 1.807) is 29.1 Å². The van der Waals surface area contributed by atoms with Crippen molar-refractivity contribution in [2.24, 2.45) is 0 Å². The molecule has 4 heteroatoms. The maximum Gasteiger partial charge on any atom is 0.138 e. The van der Waals surface area contributed by atoms with Crippen molar-refractivity contribution in [1.29, 1.82) is 0 Å². The quantitative estimate of drug-likeness (QED) is 0.480. The third-order valence-electron chi connectivity index (χ3n) is 0. The molecule has 0 aliphatic rings. The summed E-state index contributed by atoms with van der Waals surface area (Å²) in [5.41, 5.74) is 0. The molecule has 0 unspecified atom stereocenters. The minimum Gasteiger partial charge on any atom is -0.324 e. The summed E-state index contributed by atoms with van der Waals surface area (Å²) in [5, 5.41) is 0. The van der Waals surface area contributed by atoms with Crippen LogP contribution in [0.1, 0.15) is 0 Å². The van der Waals surface area contributed by atoms with Crippen LogP contribution in [0.4, 0.5) is 0 Å². The third-order valence-corrected chi connectivity index (χ3v) is 0. The summed E-state index contributed by atoms with van der Waals surface area (Å²) in [5.74, 6) is 0. The first-order valence-corrected chi connectivity index (χ1v) is 5.19. The van der Waals surface area contributed by atoms with Gasteiger partial charge in [0.1, 0.15) is 9.12 Å². The molecule has 0 aromatic heterocycles. The molecular weight excluding hydrogens is 130 g/mol. The van der Waals surface area contributed by atoms with Gasteiger partial charge in [0.25, 0.3) is 0 Å². The summed E-state index contributed by atoms with van der Waals surface area (Å²) in [6.07, 6.45) is 0. The smallest absolute Gasteiger partial charge is 0.138 e. The van der Waals surface area contributed by atoms with Gasteiger partial charge in [0.05, 0.1) is 7.14 Å². The lowest BCUT2D eigenvalue weighted by atomic mass is 11.9. The first kappa shape index (κ1) is 10.3. The zero-order chi connectivity index (χ0) is 6.50. The highest BCUT2D eigenvalue weighted by Gasteiger charge is 1.89. The van der Waals surface area contributed by atoms with Crippen molar-refractivity contribution in [3.8, 4) is 0 Å². The first-order chi connectivity index (χ1) is 3.00. The molecule has 0 fully saturated rings. The van der Waals surface area contributed by atoms with Crippen LogP contribution < -0.4 is 0 Å². The third kappa shape index (κ3) is 1090. The first-order valence-electron chi connectivity index (χ1n) is 1.73. The van der Waals surface area contributed by atoms with Gasteiger partial charge in [-0.05, 0) is 20.0 Å². The molecule has 0 N–H and O–H groups in total. The zero-order valence-corrected chi connectivity index (χ0v) is 6.66. The Bertz CT molecular complexity index is 66.7. The Morgan fingerprint density at radius 3 is 1.14 bits per heavy atom. The molecule has 0 spiro atoms. The van der Waals surface area contributed by atoms with E-state index in [1.165, 1.54) is 0 Å². The predicted octanol–water partition coefficient (Wildman–Crippen LogP) is 1.71. The van der Waals surface area contributed by atoms with Gasteiger partial charge >= 0.3 is 0 Å². The Morgan fingerprint density at radius 2 is 1.14 bits per heavy atom. The SMILES string of the molecule is CP(C)(C)=O.O=P. The molecule has 0 aliphatic heterocycles. The fraction of sp³-hybridized carbons (Fsp3) is 1.00. The molecule has 0 amide bonds. The van der Waals surface area contributed by atoms with Gasteiger partial charge < -0.3 is 4.57 Å². The molecule has 0 radical (unpaired) electrons. The molecule has 0 aromatic rings. The molecule has 0 bridgehead atoms. The van der Waals surface area contributed by atoms with Crippen LogP contribution in [0.5, 0.6) is 0 Å². The van der Waals surface area contributed by atoms with Crippen molar-refractivity contribution in [3.63, 3.8) is 0 Å². The molecule has 0 saturated carbocycles. The van der Waals surface area contributed by atoms with Crippen molar-refractivity contribution in [3.05, 3.63) is 0 Å². The van der Waals surface area contributed by atoms with E-state index < -0.39 is 7.14 Å². The highest BCUT2D eigenvalue weighted by molar-refractivity contribution is 7.61. The summed E-state index contributed by atoms with van der Waals surface area (Å²) < 4.78 is 18.3. The Labute approximate surface area is 46.3 Å². The fourth-order valence-electron chi connectivity index (χ4n) is 0. The maximum absolute atomic E-state index is 10.2. The highest BCUT2D eigenvalue weighted by atomic mass is 31.2. The highest BCUT2D eigenvalue weighted by Crippen LogP contribution is 2.28. The average molecular weight is 140 g/mol. The van der Waals surface area contributed by atoms with Crippen molar-refractivity contribution < 1.29 is 9.13 Å². The maximum atomic E-state index is 10.2. The summed E-state index contributed by atoms with van der Waals surface area (Å²) in [6, 6.07) is 0. The minimum atomic E-state index is -1.64. The summed E-state index contributed by atoms with van der Waals surface area (Å²) >= 11 is 0. The molecule has 2 nitrogen and oxygen atoms in total. The van der Waals surface area contributed by atoms with E-state index in [1.807, 2.05) is 0 Å². The fourth-order valence-corrected chi connectivity index (χ4v) is 0. The van der Waals surface area contributed by atoms with Crippen LogP contribution >= 0.6 is 16.3 Å². The molecule has 0 aliphatic carbocycles. The second-order valence-corrected chi connectivity index (χ2v) is 5.67. The second kappa shape index (κ2) is 4.49. The lowest BCUT2D eigenvalue weighted by Gasteiger charge is -1.86. The van der Waals surface area contributed by atoms with E-state index in [0.29, 0.717) is 0 Å². The molecule has 0 saturated heterocycles.